The first-order valence-corrected chi connectivity index (χ1v) is 10.0. The van der Waals surface area contributed by atoms with Crippen LogP contribution in [0.4, 0.5) is 5.69 Å². The number of anilines is 1. The number of H-pyrrole nitrogens is 1. The van der Waals surface area contributed by atoms with Crippen LogP contribution in [0.1, 0.15) is 54.9 Å². The molecule has 1 aliphatic heterocycles. The molecule has 2 aromatic heterocycles. The Morgan fingerprint density at radius 1 is 1.25 bits per heavy atom. The van der Waals surface area contributed by atoms with Crippen LogP contribution in [0.25, 0.3) is 0 Å². The van der Waals surface area contributed by atoms with E-state index in [2.05, 4.69) is 25.2 Å². The maximum absolute atomic E-state index is 12.8. The molecule has 9 nitrogen and oxygen atoms in total. The fourth-order valence-electron chi connectivity index (χ4n) is 3.93. The van der Waals surface area contributed by atoms with Crippen LogP contribution in [-0.4, -0.2) is 54.3 Å². The highest BCUT2D eigenvalue weighted by molar-refractivity contribution is 7.71. The summed E-state index contributed by atoms with van der Waals surface area (Å²) in [5.41, 5.74) is 2.11. The number of carbonyl (C=O) groups is 2. The van der Waals surface area contributed by atoms with Gasteiger partial charge >= 0.3 is 11.8 Å². The third kappa shape index (κ3) is 3.36. The Morgan fingerprint density at radius 2 is 2.00 bits per heavy atom. The number of nitrogens with one attached hydrogen (secondary N) is 2. The Morgan fingerprint density at radius 3 is 2.64 bits per heavy atom. The summed E-state index contributed by atoms with van der Waals surface area (Å²) < 4.78 is 4.42. The highest BCUT2D eigenvalue weighted by Crippen LogP contribution is 2.38. The number of aryl methyl sites for hydroxylation is 2. The molecule has 4 rings (SSSR count). The van der Waals surface area contributed by atoms with Gasteiger partial charge in [0.1, 0.15) is 5.82 Å². The highest BCUT2D eigenvalue weighted by Gasteiger charge is 2.34. The predicted molar refractivity (Wildman–Crippen MR) is 106 cm³/mol. The summed E-state index contributed by atoms with van der Waals surface area (Å²) in [6.07, 6.45) is 3.99. The molecule has 2 aliphatic rings. The van der Waals surface area contributed by atoms with Crippen LogP contribution < -0.4 is 5.32 Å². The molecule has 2 amide bonds. The van der Waals surface area contributed by atoms with Crippen LogP contribution in [0.2, 0.25) is 0 Å². The summed E-state index contributed by atoms with van der Waals surface area (Å²) in [5.74, 6) is -0.148. The second-order valence-electron chi connectivity index (χ2n) is 7.70. The van der Waals surface area contributed by atoms with Gasteiger partial charge in [0.25, 0.3) is 0 Å². The molecular weight excluding hydrogens is 378 g/mol. The van der Waals surface area contributed by atoms with Gasteiger partial charge in [-0.05, 0) is 51.7 Å². The van der Waals surface area contributed by atoms with Gasteiger partial charge in [-0.15, -0.1) is 0 Å². The largest absolute Gasteiger partial charge is 0.334 e. The van der Waals surface area contributed by atoms with Gasteiger partial charge in [0.05, 0.1) is 17.1 Å². The van der Waals surface area contributed by atoms with E-state index in [1.165, 1.54) is 0 Å². The number of piperidine rings is 1. The van der Waals surface area contributed by atoms with Crippen molar-refractivity contribution in [3.63, 3.8) is 0 Å². The Hall–Kier alpha value is -2.49. The van der Waals surface area contributed by atoms with E-state index >= 15 is 0 Å². The first-order chi connectivity index (χ1) is 13.4. The second kappa shape index (κ2) is 7.16. The molecule has 2 fully saturated rings. The third-order valence-electron chi connectivity index (χ3n) is 5.66. The molecule has 10 heteroatoms. The number of aromatic amines is 1. The molecule has 150 valence electrons. The number of hydrogen-bond acceptors (Lipinski definition) is 5. The van der Waals surface area contributed by atoms with Crippen molar-refractivity contribution in [3.8, 4) is 0 Å². The molecule has 1 unspecified atom stereocenters. The average molecular weight is 404 g/mol. The van der Waals surface area contributed by atoms with E-state index in [-0.39, 0.29) is 5.92 Å². The number of likely N-dealkylation sites (tertiary alicyclic amines) is 1. The topological polar surface area (TPSA) is 101 Å². The molecule has 1 aliphatic carbocycles. The van der Waals surface area contributed by atoms with Crippen LogP contribution in [0.15, 0.2) is 0 Å². The smallest absolute Gasteiger partial charge is 0.314 e. The molecule has 2 N–H and O–H groups in total. The van der Waals surface area contributed by atoms with Crippen molar-refractivity contribution < 1.29 is 9.59 Å². The molecule has 1 saturated heterocycles. The summed E-state index contributed by atoms with van der Waals surface area (Å²) in [5, 5.41) is 14.3. The number of rotatable bonds is 3. The van der Waals surface area contributed by atoms with Gasteiger partial charge in [-0.3, -0.25) is 19.4 Å². The standard InChI is InChI=1S/C18H25N7O2S/c1-10-14(11(2)23(3)22-10)19-16(26)17(27)24-8-4-5-12(9-24)15-20-21-18(28)25(15)13-6-7-13/h12-13H,4-9H2,1-3H3,(H,19,26)(H,21,28). The lowest BCUT2D eigenvalue weighted by Crippen LogP contribution is -2.45. The van der Waals surface area contributed by atoms with Crippen molar-refractivity contribution in [1.82, 2.24) is 29.4 Å². The van der Waals surface area contributed by atoms with Crippen LogP contribution in [0, 0.1) is 18.6 Å². The normalized spacial score (nSPS) is 19.7. The fourth-order valence-corrected chi connectivity index (χ4v) is 4.22. The summed E-state index contributed by atoms with van der Waals surface area (Å²) in [6.45, 7) is 4.72. The molecule has 0 radical (unpaired) electrons. The van der Waals surface area contributed by atoms with Crippen molar-refractivity contribution in [2.24, 2.45) is 7.05 Å². The lowest BCUT2D eigenvalue weighted by atomic mass is 9.97. The number of amides is 2. The highest BCUT2D eigenvalue weighted by atomic mass is 32.1. The van der Waals surface area contributed by atoms with E-state index in [9.17, 15) is 9.59 Å². The Labute approximate surface area is 168 Å². The van der Waals surface area contributed by atoms with Gasteiger partial charge in [0, 0.05) is 32.1 Å². The van der Waals surface area contributed by atoms with E-state index < -0.39 is 11.8 Å². The van der Waals surface area contributed by atoms with Gasteiger partial charge in [0.15, 0.2) is 4.77 Å². The molecule has 3 heterocycles. The molecule has 1 atom stereocenters. The van der Waals surface area contributed by atoms with E-state index in [0.29, 0.717) is 35.3 Å². The van der Waals surface area contributed by atoms with Crippen LogP contribution in [-0.2, 0) is 16.6 Å². The van der Waals surface area contributed by atoms with Crippen molar-refractivity contribution in [2.75, 3.05) is 18.4 Å². The lowest BCUT2D eigenvalue weighted by Gasteiger charge is -2.32. The monoisotopic (exact) mass is 403 g/mol. The van der Waals surface area contributed by atoms with E-state index in [1.807, 2.05) is 20.9 Å². The molecule has 0 aromatic carbocycles. The Kier molecular flexibility index (Phi) is 4.82. The lowest BCUT2D eigenvalue weighted by molar-refractivity contribution is -0.144. The second-order valence-corrected chi connectivity index (χ2v) is 8.09. The number of carbonyl (C=O) groups excluding carboxylic acids is 2. The van der Waals surface area contributed by atoms with Gasteiger partial charge in [-0.1, -0.05) is 0 Å². The van der Waals surface area contributed by atoms with Gasteiger partial charge in [0.2, 0.25) is 0 Å². The van der Waals surface area contributed by atoms with Crippen molar-refractivity contribution in [3.05, 3.63) is 22.0 Å². The zero-order chi connectivity index (χ0) is 20.0. The minimum atomic E-state index is -0.624. The molecule has 0 spiro atoms. The summed E-state index contributed by atoms with van der Waals surface area (Å²) in [7, 11) is 1.81. The summed E-state index contributed by atoms with van der Waals surface area (Å²) in [6, 6.07) is 0.423. The molecule has 0 bridgehead atoms. The number of aromatic nitrogens is 5. The van der Waals surface area contributed by atoms with Crippen LogP contribution in [0.3, 0.4) is 0 Å². The molecule has 28 heavy (non-hydrogen) atoms. The molecule has 2 aromatic rings. The van der Waals surface area contributed by atoms with Gasteiger partial charge in [-0.2, -0.15) is 10.2 Å². The molecular formula is C18H25N7O2S. The van der Waals surface area contributed by atoms with Gasteiger partial charge < -0.3 is 14.8 Å². The van der Waals surface area contributed by atoms with E-state index in [1.54, 1.807) is 9.58 Å². The minimum Gasteiger partial charge on any atom is -0.334 e. The van der Waals surface area contributed by atoms with Crippen LogP contribution in [0.5, 0.6) is 0 Å². The molecule has 1 saturated carbocycles. The third-order valence-corrected chi connectivity index (χ3v) is 5.95. The number of nitrogens with zero attached hydrogens (tertiary/aromatic N) is 5. The van der Waals surface area contributed by atoms with E-state index in [4.69, 9.17) is 12.2 Å². The first kappa shape index (κ1) is 18.9. The zero-order valence-electron chi connectivity index (χ0n) is 16.4. The summed E-state index contributed by atoms with van der Waals surface area (Å²) in [4.78, 5) is 27.0. The van der Waals surface area contributed by atoms with Crippen molar-refractivity contribution in [2.45, 2.75) is 51.5 Å². The zero-order valence-corrected chi connectivity index (χ0v) is 17.2. The SMILES string of the molecule is Cc1nn(C)c(C)c1NC(=O)C(=O)N1CCCC(c2n[nH]c(=S)n2C2CC2)C1. The quantitative estimate of drug-likeness (QED) is 0.603. The van der Waals surface area contributed by atoms with Gasteiger partial charge in [-0.25, -0.2) is 0 Å². The predicted octanol–water partition coefficient (Wildman–Crippen LogP) is 1.97. The maximum atomic E-state index is 12.8. The van der Waals surface area contributed by atoms with Crippen LogP contribution >= 0.6 is 12.2 Å². The Bertz CT molecular complexity index is 985. The van der Waals surface area contributed by atoms with Crippen molar-refractivity contribution in [1.29, 1.82) is 0 Å². The minimum absolute atomic E-state index is 0.0842. The van der Waals surface area contributed by atoms with E-state index in [0.717, 1.165) is 37.2 Å². The maximum Gasteiger partial charge on any atom is 0.314 e. The first-order valence-electron chi connectivity index (χ1n) is 9.64. The fraction of sp³-hybridized carbons (Fsp3) is 0.611. The Balaban J connectivity index is 1.47. The number of hydrogen-bond donors (Lipinski definition) is 2. The average Bonchev–Trinajstić information content (AvgIpc) is 3.40. The summed E-state index contributed by atoms with van der Waals surface area (Å²) >= 11 is 5.37. The van der Waals surface area contributed by atoms with Crippen molar-refractivity contribution >= 4 is 29.7 Å².